The van der Waals surface area contributed by atoms with Crippen LogP contribution in [0.3, 0.4) is 0 Å². The highest BCUT2D eigenvalue weighted by atomic mass is 19.1. The first kappa shape index (κ1) is 13.5. The molecular weight excluding hydrogens is 229 g/mol. The molecule has 1 aliphatic carbocycles. The maximum absolute atomic E-state index is 13.2. The molecule has 1 saturated carbocycles. The Kier molecular flexibility index (Phi) is 4.00. The lowest BCUT2D eigenvalue weighted by atomic mass is 9.72. The molecule has 0 saturated heterocycles. The van der Waals surface area contributed by atoms with Crippen LogP contribution in [-0.4, -0.2) is 10.1 Å². The van der Waals surface area contributed by atoms with Gasteiger partial charge < -0.3 is 5.11 Å². The Balaban J connectivity index is 2.25. The van der Waals surface area contributed by atoms with Gasteiger partial charge in [-0.15, -0.1) is 0 Å². The number of pyridine rings is 1. The van der Waals surface area contributed by atoms with Crippen molar-refractivity contribution in [3.8, 4) is 0 Å². The number of halogens is 1. The number of nitrogens with zero attached hydrogens (tertiary/aromatic N) is 1. The van der Waals surface area contributed by atoms with Gasteiger partial charge in [0, 0.05) is 17.2 Å². The summed E-state index contributed by atoms with van der Waals surface area (Å²) in [6.45, 7) is 4.35. The molecule has 1 aromatic rings. The van der Waals surface area contributed by atoms with Crippen molar-refractivity contribution in [2.24, 2.45) is 11.3 Å². The Labute approximate surface area is 108 Å². The Hall–Kier alpha value is -0.960. The van der Waals surface area contributed by atoms with E-state index in [2.05, 4.69) is 18.8 Å². The summed E-state index contributed by atoms with van der Waals surface area (Å²) in [6, 6.07) is 1.41. The largest absolute Gasteiger partial charge is 0.388 e. The molecule has 100 valence electrons. The van der Waals surface area contributed by atoms with Crippen molar-refractivity contribution in [3.63, 3.8) is 0 Å². The van der Waals surface area contributed by atoms with Crippen LogP contribution in [0.1, 0.15) is 57.6 Å². The monoisotopic (exact) mass is 251 g/mol. The van der Waals surface area contributed by atoms with E-state index in [0.29, 0.717) is 11.5 Å². The summed E-state index contributed by atoms with van der Waals surface area (Å²) in [6.07, 6.45) is 7.55. The molecule has 0 spiro atoms. The predicted molar refractivity (Wildman–Crippen MR) is 69.5 cm³/mol. The molecular formula is C15H22FNO. The van der Waals surface area contributed by atoms with Crippen LogP contribution in [0.2, 0.25) is 0 Å². The fourth-order valence-electron chi connectivity index (χ4n) is 3.41. The first-order chi connectivity index (χ1) is 8.53. The van der Waals surface area contributed by atoms with Gasteiger partial charge in [-0.1, -0.05) is 26.7 Å². The number of hydrogen-bond donors (Lipinski definition) is 1. The Morgan fingerprint density at radius 3 is 2.56 bits per heavy atom. The van der Waals surface area contributed by atoms with Crippen LogP contribution in [0.4, 0.5) is 4.39 Å². The summed E-state index contributed by atoms with van der Waals surface area (Å²) in [5.41, 5.74) is 0.543. The van der Waals surface area contributed by atoms with Crippen molar-refractivity contribution < 1.29 is 9.50 Å². The van der Waals surface area contributed by atoms with E-state index in [1.54, 1.807) is 6.20 Å². The maximum Gasteiger partial charge on any atom is 0.141 e. The zero-order valence-electron chi connectivity index (χ0n) is 11.2. The molecule has 0 bridgehead atoms. The normalized spacial score (nSPS) is 20.3. The van der Waals surface area contributed by atoms with Crippen LogP contribution in [0.5, 0.6) is 0 Å². The van der Waals surface area contributed by atoms with Crippen molar-refractivity contribution in [2.75, 3.05) is 0 Å². The summed E-state index contributed by atoms with van der Waals surface area (Å²) in [5, 5.41) is 10.6. The van der Waals surface area contributed by atoms with E-state index in [4.69, 9.17) is 0 Å². The average Bonchev–Trinajstić information content (AvgIpc) is 2.77. The molecule has 0 radical (unpaired) electrons. The molecule has 3 heteroatoms. The summed E-state index contributed by atoms with van der Waals surface area (Å²) in [4.78, 5) is 3.85. The highest BCUT2D eigenvalue weighted by Gasteiger charge is 2.41. The van der Waals surface area contributed by atoms with Gasteiger partial charge in [0.1, 0.15) is 5.82 Å². The van der Waals surface area contributed by atoms with E-state index in [0.717, 1.165) is 32.1 Å². The molecule has 1 unspecified atom stereocenters. The number of hydrogen-bond acceptors (Lipinski definition) is 2. The van der Waals surface area contributed by atoms with Crippen LogP contribution < -0.4 is 0 Å². The molecule has 1 aromatic heterocycles. The minimum Gasteiger partial charge on any atom is -0.388 e. The van der Waals surface area contributed by atoms with Crippen molar-refractivity contribution in [1.29, 1.82) is 0 Å². The van der Waals surface area contributed by atoms with Crippen LogP contribution in [0.15, 0.2) is 18.5 Å². The van der Waals surface area contributed by atoms with Gasteiger partial charge in [0.05, 0.1) is 12.3 Å². The zero-order chi connectivity index (χ0) is 13.2. The molecule has 18 heavy (non-hydrogen) atoms. The molecule has 1 atom stereocenters. The third-order valence-corrected chi connectivity index (χ3v) is 4.04. The van der Waals surface area contributed by atoms with Gasteiger partial charge in [-0.3, -0.25) is 4.98 Å². The first-order valence-corrected chi connectivity index (χ1v) is 6.82. The van der Waals surface area contributed by atoms with Crippen molar-refractivity contribution >= 4 is 0 Å². The maximum atomic E-state index is 13.2. The lowest BCUT2D eigenvalue weighted by molar-refractivity contribution is 0.0107. The van der Waals surface area contributed by atoms with Gasteiger partial charge in [-0.25, -0.2) is 4.39 Å². The van der Waals surface area contributed by atoms with Crippen LogP contribution >= 0.6 is 0 Å². The highest BCUT2D eigenvalue weighted by Crippen LogP contribution is 2.51. The number of aliphatic hydroxyl groups is 1. The molecule has 1 N–H and O–H groups in total. The minimum absolute atomic E-state index is 0.0797. The molecule has 0 amide bonds. The summed E-state index contributed by atoms with van der Waals surface area (Å²) in [7, 11) is 0. The Bertz CT molecular complexity index is 399. The van der Waals surface area contributed by atoms with Gasteiger partial charge in [0.2, 0.25) is 0 Å². The second-order valence-electron chi connectivity index (χ2n) is 6.01. The summed E-state index contributed by atoms with van der Waals surface area (Å²) in [5.74, 6) is 0.170. The van der Waals surface area contributed by atoms with E-state index in [1.165, 1.54) is 12.3 Å². The summed E-state index contributed by atoms with van der Waals surface area (Å²) >= 11 is 0. The first-order valence-electron chi connectivity index (χ1n) is 6.82. The molecule has 0 aliphatic heterocycles. The van der Waals surface area contributed by atoms with E-state index < -0.39 is 6.10 Å². The van der Waals surface area contributed by atoms with Crippen molar-refractivity contribution in [3.05, 3.63) is 29.8 Å². The zero-order valence-corrected chi connectivity index (χ0v) is 11.2. The standard InChI is InChI=1S/C15H22FNO/c1-11(2)8-15(5-3-4-6-15)14(18)12-7-13(16)10-17-9-12/h7,9-11,14,18H,3-6,8H2,1-2H3. The second kappa shape index (κ2) is 5.35. The summed E-state index contributed by atoms with van der Waals surface area (Å²) < 4.78 is 13.2. The highest BCUT2D eigenvalue weighted by molar-refractivity contribution is 5.17. The van der Waals surface area contributed by atoms with Crippen LogP contribution in [0, 0.1) is 17.2 Å². The van der Waals surface area contributed by atoms with Gasteiger partial charge in [-0.2, -0.15) is 0 Å². The molecule has 0 aromatic carbocycles. The Morgan fingerprint density at radius 1 is 1.33 bits per heavy atom. The van der Waals surface area contributed by atoms with Crippen molar-refractivity contribution in [1.82, 2.24) is 4.98 Å². The minimum atomic E-state index is -0.592. The van der Waals surface area contributed by atoms with Gasteiger partial charge in [0.25, 0.3) is 0 Å². The van der Waals surface area contributed by atoms with Crippen molar-refractivity contribution in [2.45, 2.75) is 52.1 Å². The van der Waals surface area contributed by atoms with E-state index in [1.807, 2.05) is 0 Å². The van der Waals surface area contributed by atoms with Crippen LogP contribution in [0.25, 0.3) is 0 Å². The molecule has 2 nitrogen and oxygen atoms in total. The molecule has 1 heterocycles. The Morgan fingerprint density at radius 2 is 2.00 bits per heavy atom. The number of rotatable bonds is 4. The lowest BCUT2D eigenvalue weighted by Crippen LogP contribution is -2.28. The second-order valence-corrected chi connectivity index (χ2v) is 6.01. The van der Waals surface area contributed by atoms with E-state index in [-0.39, 0.29) is 11.2 Å². The van der Waals surface area contributed by atoms with E-state index in [9.17, 15) is 9.50 Å². The predicted octanol–water partition coefficient (Wildman–Crippen LogP) is 3.86. The van der Waals surface area contributed by atoms with Gasteiger partial charge >= 0.3 is 0 Å². The average molecular weight is 251 g/mol. The fraction of sp³-hybridized carbons (Fsp3) is 0.667. The van der Waals surface area contributed by atoms with Crippen LogP contribution in [-0.2, 0) is 0 Å². The van der Waals surface area contributed by atoms with E-state index >= 15 is 0 Å². The fourth-order valence-corrected chi connectivity index (χ4v) is 3.41. The third-order valence-electron chi connectivity index (χ3n) is 4.04. The molecule has 1 fully saturated rings. The topological polar surface area (TPSA) is 33.1 Å². The molecule has 1 aliphatic rings. The number of aromatic nitrogens is 1. The third kappa shape index (κ3) is 2.72. The van der Waals surface area contributed by atoms with Gasteiger partial charge in [0.15, 0.2) is 0 Å². The molecule has 2 rings (SSSR count). The van der Waals surface area contributed by atoms with Gasteiger partial charge in [-0.05, 0) is 31.2 Å². The lowest BCUT2D eigenvalue weighted by Gasteiger charge is -2.36. The SMILES string of the molecule is CC(C)CC1(C(O)c2cncc(F)c2)CCCC1. The number of aliphatic hydroxyl groups excluding tert-OH is 1. The smallest absolute Gasteiger partial charge is 0.141 e. The quantitative estimate of drug-likeness (QED) is 0.881.